The normalized spacial score (nSPS) is 19.6. The van der Waals surface area contributed by atoms with E-state index in [4.69, 9.17) is 9.47 Å². The molecule has 168 valence electrons. The molecule has 1 aliphatic carbocycles. The van der Waals surface area contributed by atoms with Gasteiger partial charge in [-0.05, 0) is 80.3 Å². The summed E-state index contributed by atoms with van der Waals surface area (Å²) >= 11 is 0. The Morgan fingerprint density at radius 1 is 1.10 bits per heavy atom. The number of halogens is 1. The van der Waals surface area contributed by atoms with Crippen LogP contribution in [-0.4, -0.2) is 29.8 Å². The minimum Gasteiger partial charge on any atom is -0.493 e. The predicted octanol–water partition coefficient (Wildman–Crippen LogP) is 6.32. The number of alkyl halides is 1. The van der Waals surface area contributed by atoms with E-state index in [0.717, 1.165) is 55.5 Å². The molecule has 1 heterocycles. The molecule has 1 atom stereocenters. The molecule has 0 saturated heterocycles. The molecule has 1 aliphatic rings. The Labute approximate surface area is 185 Å². The van der Waals surface area contributed by atoms with Crippen LogP contribution in [0, 0.1) is 5.92 Å². The molecule has 0 unspecified atom stereocenters. The van der Waals surface area contributed by atoms with Gasteiger partial charge in [-0.2, -0.15) is 0 Å². The van der Waals surface area contributed by atoms with Crippen LogP contribution in [-0.2, 0) is 16.0 Å². The third-order valence-electron chi connectivity index (χ3n) is 6.01. The first-order valence-electron chi connectivity index (χ1n) is 11.6. The van der Waals surface area contributed by atoms with E-state index in [-0.39, 0.29) is 12.5 Å². The second kappa shape index (κ2) is 11.8. The molecule has 0 radical (unpaired) electrons. The van der Waals surface area contributed by atoms with Gasteiger partial charge in [0.15, 0.2) is 6.17 Å². The summed E-state index contributed by atoms with van der Waals surface area (Å²) < 4.78 is 25.1. The molecule has 4 nitrogen and oxygen atoms in total. The first-order chi connectivity index (χ1) is 15.1. The van der Waals surface area contributed by atoms with E-state index in [2.05, 4.69) is 24.0 Å². The molecular formula is C26H34FNO3. The maximum Gasteiger partial charge on any atom is 0.340 e. The molecule has 2 aromatic rings. The average Bonchev–Trinajstić information content (AvgIpc) is 2.82. The largest absolute Gasteiger partial charge is 0.493 e. The van der Waals surface area contributed by atoms with Crippen LogP contribution in [0.5, 0.6) is 5.75 Å². The number of benzene rings is 1. The van der Waals surface area contributed by atoms with Crippen LogP contribution in [0.2, 0.25) is 0 Å². The van der Waals surface area contributed by atoms with E-state index in [1.165, 1.54) is 5.56 Å². The Morgan fingerprint density at radius 3 is 2.45 bits per heavy atom. The maximum absolute atomic E-state index is 13.8. The van der Waals surface area contributed by atoms with E-state index in [1.54, 1.807) is 0 Å². The fourth-order valence-electron chi connectivity index (χ4n) is 3.90. The quantitative estimate of drug-likeness (QED) is 0.416. The van der Waals surface area contributed by atoms with Gasteiger partial charge in [0.2, 0.25) is 0 Å². The van der Waals surface area contributed by atoms with Crippen LogP contribution >= 0.6 is 0 Å². The van der Waals surface area contributed by atoms with Gasteiger partial charge in [0.25, 0.3) is 0 Å². The van der Waals surface area contributed by atoms with Crippen molar-refractivity contribution in [1.82, 2.24) is 4.98 Å². The summed E-state index contributed by atoms with van der Waals surface area (Å²) in [4.78, 5) is 16.4. The topological polar surface area (TPSA) is 48.4 Å². The molecule has 1 aromatic carbocycles. The number of rotatable bonds is 10. The van der Waals surface area contributed by atoms with Crippen molar-refractivity contribution < 1.29 is 18.7 Å². The number of carbonyl (C=O) groups is 1. The number of aromatic nitrogens is 1. The summed E-state index contributed by atoms with van der Waals surface area (Å²) in [6, 6.07) is 12.2. The molecule has 1 aromatic heterocycles. The number of unbranched alkanes of at least 4 members (excludes halogenated alkanes) is 1. The van der Waals surface area contributed by atoms with Crippen LogP contribution in [0.25, 0.3) is 11.3 Å². The molecule has 3 rings (SSSR count). The van der Waals surface area contributed by atoms with Gasteiger partial charge in [-0.25, -0.2) is 9.18 Å². The molecule has 0 bridgehead atoms. The highest BCUT2D eigenvalue weighted by atomic mass is 19.1. The van der Waals surface area contributed by atoms with Crippen molar-refractivity contribution in [3.8, 4) is 17.0 Å². The third kappa shape index (κ3) is 7.05. The number of hydrogen-bond acceptors (Lipinski definition) is 4. The van der Waals surface area contributed by atoms with Crippen molar-refractivity contribution in [2.24, 2.45) is 5.92 Å². The summed E-state index contributed by atoms with van der Waals surface area (Å²) in [5.74, 6) is 0.588. The monoisotopic (exact) mass is 427 g/mol. The number of esters is 1. The smallest absolute Gasteiger partial charge is 0.340 e. The molecule has 0 spiro atoms. The zero-order chi connectivity index (χ0) is 22.1. The van der Waals surface area contributed by atoms with Gasteiger partial charge in [0, 0.05) is 11.8 Å². The molecule has 0 aliphatic heterocycles. The zero-order valence-corrected chi connectivity index (χ0v) is 18.7. The lowest BCUT2D eigenvalue weighted by molar-refractivity contribution is -0.157. The number of aryl methyl sites for hydroxylation is 1. The van der Waals surface area contributed by atoms with Crippen molar-refractivity contribution >= 4 is 5.97 Å². The second-order valence-electron chi connectivity index (χ2n) is 8.43. The lowest BCUT2D eigenvalue weighted by atomic mass is 9.88. The summed E-state index contributed by atoms with van der Waals surface area (Å²) in [6.45, 7) is 4.75. The Bertz CT molecular complexity index is 798. The van der Waals surface area contributed by atoms with Gasteiger partial charge in [0.05, 0.1) is 12.3 Å². The van der Waals surface area contributed by atoms with Gasteiger partial charge in [0.1, 0.15) is 11.9 Å². The third-order valence-corrected chi connectivity index (χ3v) is 6.01. The van der Waals surface area contributed by atoms with Crippen LogP contribution < -0.4 is 4.74 Å². The maximum atomic E-state index is 13.8. The fraction of sp³-hybridized carbons (Fsp3) is 0.538. The van der Waals surface area contributed by atoms with E-state index in [9.17, 15) is 9.18 Å². The van der Waals surface area contributed by atoms with Gasteiger partial charge in [-0.1, -0.05) is 32.8 Å². The van der Waals surface area contributed by atoms with Crippen molar-refractivity contribution in [2.75, 3.05) is 6.61 Å². The predicted molar refractivity (Wildman–Crippen MR) is 121 cm³/mol. The van der Waals surface area contributed by atoms with Gasteiger partial charge in [-0.15, -0.1) is 0 Å². The van der Waals surface area contributed by atoms with Crippen LogP contribution in [0.4, 0.5) is 4.39 Å². The van der Waals surface area contributed by atoms with Crippen LogP contribution in [0.3, 0.4) is 0 Å². The lowest BCUT2D eigenvalue weighted by Crippen LogP contribution is -2.30. The first-order valence-corrected chi connectivity index (χ1v) is 11.6. The lowest BCUT2D eigenvalue weighted by Gasteiger charge is -2.28. The number of pyridine rings is 1. The van der Waals surface area contributed by atoms with Crippen molar-refractivity contribution in [3.05, 3.63) is 48.2 Å². The average molecular weight is 428 g/mol. The Morgan fingerprint density at radius 2 is 1.84 bits per heavy atom. The van der Waals surface area contributed by atoms with E-state index in [0.29, 0.717) is 18.9 Å². The minimum atomic E-state index is -1.48. The fourth-order valence-corrected chi connectivity index (χ4v) is 3.90. The zero-order valence-electron chi connectivity index (χ0n) is 18.7. The highest BCUT2D eigenvalue weighted by Gasteiger charge is 2.27. The summed E-state index contributed by atoms with van der Waals surface area (Å²) in [7, 11) is 0. The van der Waals surface area contributed by atoms with Crippen molar-refractivity contribution in [2.45, 2.75) is 77.5 Å². The second-order valence-corrected chi connectivity index (χ2v) is 8.43. The van der Waals surface area contributed by atoms with Gasteiger partial charge < -0.3 is 9.47 Å². The summed E-state index contributed by atoms with van der Waals surface area (Å²) in [6.07, 6.45) is 6.53. The molecule has 1 fully saturated rings. The van der Waals surface area contributed by atoms with E-state index < -0.39 is 12.1 Å². The molecule has 0 N–H and O–H groups in total. The standard InChI is InChI=1S/C26H34FNO3/c1-3-5-6-24(27)26(29)31-23-12-7-20(8-13-23)18-30-22-14-10-21(11-15-22)25-16-9-19(4-2)17-28-25/h9-11,14-17,20,23-24H,3-8,12-13,18H2,1-2H3/t20?,23?,24-/m0/s1. The number of hydrogen-bond donors (Lipinski definition) is 0. The van der Waals surface area contributed by atoms with Crippen molar-refractivity contribution in [3.63, 3.8) is 0 Å². The van der Waals surface area contributed by atoms with E-state index in [1.807, 2.05) is 37.4 Å². The molecule has 0 amide bonds. The molecule has 1 saturated carbocycles. The van der Waals surface area contributed by atoms with Gasteiger partial charge in [-0.3, -0.25) is 4.98 Å². The van der Waals surface area contributed by atoms with Gasteiger partial charge >= 0.3 is 5.97 Å². The molecular weight excluding hydrogens is 393 g/mol. The SMILES string of the molecule is CCCC[C@H](F)C(=O)OC1CCC(COc2ccc(-c3ccc(CC)cn3)cc2)CC1. The Hall–Kier alpha value is -2.43. The van der Waals surface area contributed by atoms with Crippen LogP contribution in [0.1, 0.15) is 64.4 Å². The van der Waals surface area contributed by atoms with Crippen molar-refractivity contribution in [1.29, 1.82) is 0 Å². The van der Waals surface area contributed by atoms with Crippen LogP contribution in [0.15, 0.2) is 42.6 Å². The highest BCUT2D eigenvalue weighted by Crippen LogP contribution is 2.28. The number of ether oxygens (including phenoxy) is 2. The number of nitrogens with zero attached hydrogens (tertiary/aromatic N) is 1. The highest BCUT2D eigenvalue weighted by molar-refractivity contribution is 5.74. The Kier molecular flexibility index (Phi) is 8.86. The molecule has 31 heavy (non-hydrogen) atoms. The summed E-state index contributed by atoms with van der Waals surface area (Å²) in [5, 5.41) is 0. The number of carbonyl (C=O) groups excluding carboxylic acids is 1. The Balaban J connectivity index is 1.39. The summed E-state index contributed by atoms with van der Waals surface area (Å²) in [5.41, 5.74) is 3.26. The molecule has 5 heteroatoms. The van der Waals surface area contributed by atoms with E-state index >= 15 is 0 Å². The minimum absolute atomic E-state index is 0.158. The first kappa shape index (κ1) is 23.2.